The molecule has 1 heterocycles. The Morgan fingerprint density at radius 2 is 2.27 bits per heavy atom. The topological polar surface area (TPSA) is 63.3 Å². The molecule has 4 heteroatoms. The molecule has 1 aromatic heterocycles. The smallest absolute Gasteiger partial charge is 0.392 e. The zero-order chi connectivity index (χ0) is 10.8. The second-order valence-corrected chi connectivity index (χ2v) is 3.20. The Bertz CT molecular complexity index is 502. The quantitative estimate of drug-likeness (QED) is 0.813. The fourth-order valence-corrected chi connectivity index (χ4v) is 1.30. The standard InChI is InChI=1S/C11H9NO3/c1-7-3-2-4-8(5-7)9-6-12-10(15-9)11(13)14/h2-6H,1H3,(H,13,14). The van der Waals surface area contributed by atoms with Crippen LogP contribution in [-0.2, 0) is 0 Å². The molecule has 0 aliphatic heterocycles. The van der Waals surface area contributed by atoms with Crippen molar-refractivity contribution < 1.29 is 14.3 Å². The van der Waals surface area contributed by atoms with Gasteiger partial charge in [-0.05, 0) is 13.0 Å². The van der Waals surface area contributed by atoms with E-state index in [1.807, 2.05) is 31.2 Å². The molecule has 0 fully saturated rings. The minimum absolute atomic E-state index is 0.286. The summed E-state index contributed by atoms with van der Waals surface area (Å²) in [5.41, 5.74) is 1.91. The van der Waals surface area contributed by atoms with E-state index in [4.69, 9.17) is 9.52 Å². The third-order valence-corrected chi connectivity index (χ3v) is 1.99. The first kappa shape index (κ1) is 9.45. The van der Waals surface area contributed by atoms with Crippen LogP contribution in [0.4, 0.5) is 0 Å². The Morgan fingerprint density at radius 3 is 2.87 bits per heavy atom. The van der Waals surface area contributed by atoms with Crippen molar-refractivity contribution in [3.05, 3.63) is 41.9 Å². The first-order valence-electron chi connectivity index (χ1n) is 4.43. The number of carboxylic acids is 1. The highest BCUT2D eigenvalue weighted by atomic mass is 16.4. The number of rotatable bonds is 2. The number of oxazole rings is 1. The van der Waals surface area contributed by atoms with Gasteiger partial charge in [-0.25, -0.2) is 9.78 Å². The number of aromatic nitrogens is 1. The van der Waals surface area contributed by atoms with Crippen LogP contribution in [-0.4, -0.2) is 16.1 Å². The number of aryl methyl sites for hydroxylation is 1. The second kappa shape index (κ2) is 3.57. The van der Waals surface area contributed by atoms with E-state index in [0.29, 0.717) is 5.76 Å². The lowest BCUT2D eigenvalue weighted by Gasteiger charge is -1.96. The Labute approximate surface area is 86.2 Å². The average molecular weight is 203 g/mol. The lowest BCUT2D eigenvalue weighted by molar-refractivity contribution is 0.0654. The summed E-state index contributed by atoms with van der Waals surface area (Å²) >= 11 is 0. The highest BCUT2D eigenvalue weighted by Crippen LogP contribution is 2.21. The summed E-state index contributed by atoms with van der Waals surface area (Å²) in [7, 11) is 0. The molecular weight excluding hydrogens is 194 g/mol. The molecule has 0 aliphatic carbocycles. The van der Waals surface area contributed by atoms with Crippen LogP contribution in [0.1, 0.15) is 16.2 Å². The Hall–Kier alpha value is -2.10. The largest absolute Gasteiger partial charge is 0.474 e. The molecule has 2 rings (SSSR count). The Morgan fingerprint density at radius 1 is 1.47 bits per heavy atom. The molecule has 0 unspecified atom stereocenters. The van der Waals surface area contributed by atoms with Crippen LogP contribution in [0, 0.1) is 6.92 Å². The first-order valence-corrected chi connectivity index (χ1v) is 4.43. The predicted molar refractivity (Wildman–Crippen MR) is 53.6 cm³/mol. The third-order valence-electron chi connectivity index (χ3n) is 1.99. The van der Waals surface area contributed by atoms with Gasteiger partial charge >= 0.3 is 11.9 Å². The van der Waals surface area contributed by atoms with Crippen LogP contribution in [0.15, 0.2) is 34.9 Å². The number of carbonyl (C=O) groups is 1. The summed E-state index contributed by atoms with van der Waals surface area (Å²) in [5, 5.41) is 8.64. The van der Waals surface area contributed by atoms with Crippen LogP contribution in [0.2, 0.25) is 0 Å². The minimum Gasteiger partial charge on any atom is -0.474 e. The zero-order valence-electron chi connectivity index (χ0n) is 8.10. The van der Waals surface area contributed by atoms with Crippen molar-refractivity contribution in [2.24, 2.45) is 0 Å². The molecule has 76 valence electrons. The molecule has 2 aromatic rings. The van der Waals surface area contributed by atoms with Crippen molar-refractivity contribution in [2.75, 3.05) is 0 Å². The van der Waals surface area contributed by atoms with Crippen molar-refractivity contribution in [2.45, 2.75) is 6.92 Å². The van der Waals surface area contributed by atoms with Crippen LogP contribution in [0.3, 0.4) is 0 Å². The average Bonchev–Trinajstić information content (AvgIpc) is 2.66. The molecule has 0 aliphatic rings. The van der Waals surface area contributed by atoms with Crippen LogP contribution >= 0.6 is 0 Å². The van der Waals surface area contributed by atoms with Gasteiger partial charge < -0.3 is 9.52 Å². The number of hydrogen-bond donors (Lipinski definition) is 1. The van der Waals surface area contributed by atoms with Crippen LogP contribution in [0.5, 0.6) is 0 Å². The number of aromatic carboxylic acids is 1. The molecule has 15 heavy (non-hydrogen) atoms. The van der Waals surface area contributed by atoms with E-state index in [2.05, 4.69) is 4.98 Å². The zero-order valence-corrected chi connectivity index (χ0v) is 8.10. The Balaban J connectivity index is 2.41. The van der Waals surface area contributed by atoms with E-state index in [-0.39, 0.29) is 5.89 Å². The van der Waals surface area contributed by atoms with E-state index in [1.165, 1.54) is 6.20 Å². The van der Waals surface area contributed by atoms with E-state index < -0.39 is 5.97 Å². The third kappa shape index (κ3) is 1.88. The first-order chi connectivity index (χ1) is 7.16. The van der Waals surface area contributed by atoms with Crippen molar-refractivity contribution >= 4 is 5.97 Å². The maximum absolute atomic E-state index is 10.6. The molecule has 0 bridgehead atoms. The molecule has 0 amide bonds. The molecule has 1 N–H and O–H groups in total. The molecule has 1 aromatic carbocycles. The molecule has 0 saturated carbocycles. The highest BCUT2D eigenvalue weighted by Gasteiger charge is 2.11. The minimum atomic E-state index is -1.16. The molecule has 0 atom stereocenters. The van der Waals surface area contributed by atoms with Crippen LogP contribution < -0.4 is 0 Å². The van der Waals surface area contributed by atoms with Gasteiger partial charge in [0.1, 0.15) is 0 Å². The number of nitrogens with zero attached hydrogens (tertiary/aromatic N) is 1. The van der Waals surface area contributed by atoms with Gasteiger partial charge in [-0.15, -0.1) is 0 Å². The fraction of sp³-hybridized carbons (Fsp3) is 0.0909. The molecule has 0 spiro atoms. The van der Waals surface area contributed by atoms with Crippen molar-refractivity contribution in [1.82, 2.24) is 4.98 Å². The number of carboxylic acid groups (broad SMARTS) is 1. The van der Waals surface area contributed by atoms with Crippen molar-refractivity contribution in [1.29, 1.82) is 0 Å². The van der Waals surface area contributed by atoms with Gasteiger partial charge in [0.05, 0.1) is 6.20 Å². The van der Waals surface area contributed by atoms with Gasteiger partial charge in [-0.1, -0.05) is 23.8 Å². The molecule has 4 nitrogen and oxygen atoms in total. The van der Waals surface area contributed by atoms with Gasteiger partial charge in [0.2, 0.25) is 0 Å². The van der Waals surface area contributed by atoms with Gasteiger partial charge in [-0.3, -0.25) is 0 Å². The van der Waals surface area contributed by atoms with Gasteiger partial charge in [0.25, 0.3) is 0 Å². The van der Waals surface area contributed by atoms with Gasteiger partial charge in [0, 0.05) is 5.56 Å². The normalized spacial score (nSPS) is 10.2. The van der Waals surface area contributed by atoms with Gasteiger partial charge in [-0.2, -0.15) is 0 Å². The summed E-state index contributed by atoms with van der Waals surface area (Å²) in [6.07, 6.45) is 1.41. The highest BCUT2D eigenvalue weighted by molar-refractivity contribution is 5.82. The molecular formula is C11H9NO3. The summed E-state index contributed by atoms with van der Waals surface area (Å²) in [6.45, 7) is 1.96. The monoisotopic (exact) mass is 203 g/mol. The maximum atomic E-state index is 10.6. The second-order valence-electron chi connectivity index (χ2n) is 3.20. The fourth-order valence-electron chi connectivity index (χ4n) is 1.30. The van der Waals surface area contributed by atoms with Crippen LogP contribution in [0.25, 0.3) is 11.3 Å². The summed E-state index contributed by atoms with van der Waals surface area (Å²) in [5.74, 6) is -0.975. The predicted octanol–water partition coefficient (Wildman–Crippen LogP) is 2.35. The Kier molecular flexibility index (Phi) is 2.25. The van der Waals surface area contributed by atoms with E-state index in [0.717, 1.165) is 11.1 Å². The van der Waals surface area contributed by atoms with Gasteiger partial charge in [0.15, 0.2) is 5.76 Å². The van der Waals surface area contributed by atoms with E-state index >= 15 is 0 Å². The summed E-state index contributed by atoms with van der Waals surface area (Å²) in [6, 6.07) is 7.59. The number of hydrogen-bond acceptors (Lipinski definition) is 3. The molecule has 0 radical (unpaired) electrons. The van der Waals surface area contributed by atoms with E-state index in [9.17, 15) is 4.79 Å². The lowest BCUT2D eigenvalue weighted by atomic mass is 10.1. The maximum Gasteiger partial charge on any atom is 0.392 e. The van der Waals surface area contributed by atoms with E-state index in [1.54, 1.807) is 0 Å². The summed E-state index contributed by atoms with van der Waals surface area (Å²) < 4.78 is 5.08. The molecule has 0 saturated heterocycles. The van der Waals surface area contributed by atoms with Crippen molar-refractivity contribution in [3.8, 4) is 11.3 Å². The SMILES string of the molecule is Cc1cccc(-c2cnc(C(=O)O)o2)c1. The van der Waals surface area contributed by atoms with Crippen molar-refractivity contribution in [3.63, 3.8) is 0 Å². The number of benzene rings is 1. The lowest BCUT2D eigenvalue weighted by Crippen LogP contribution is -1.94. The summed E-state index contributed by atoms with van der Waals surface area (Å²) in [4.78, 5) is 14.2.